The second-order valence-corrected chi connectivity index (χ2v) is 20.7. The predicted octanol–water partition coefficient (Wildman–Crippen LogP) is 6.23. The number of likely N-dealkylation sites (tertiary alicyclic amines) is 1. The summed E-state index contributed by atoms with van der Waals surface area (Å²) in [4.78, 5) is 65.0. The molecule has 2 saturated carbocycles. The molecular weight excluding hydrogens is 775 g/mol. The Balaban J connectivity index is 0.00000585. The third kappa shape index (κ3) is 9.05. The Kier molecular flexibility index (Phi) is 12.4. The van der Waals surface area contributed by atoms with Gasteiger partial charge in [-0.05, 0) is 84.3 Å². The highest BCUT2D eigenvalue weighted by Gasteiger charge is 2.62. The van der Waals surface area contributed by atoms with E-state index in [9.17, 15) is 27.6 Å². The van der Waals surface area contributed by atoms with Gasteiger partial charge in [-0.15, -0.1) is 0 Å². The van der Waals surface area contributed by atoms with E-state index in [-0.39, 0.29) is 62.0 Å². The lowest BCUT2D eigenvalue weighted by Crippen LogP contribution is -2.61. The third-order valence-electron chi connectivity index (χ3n) is 12.7. The van der Waals surface area contributed by atoms with Gasteiger partial charge in [-0.2, -0.15) is 0 Å². The van der Waals surface area contributed by atoms with Crippen LogP contribution in [0.5, 0.6) is 17.4 Å². The number of rotatable bonds is 9. The van der Waals surface area contributed by atoms with Crippen molar-refractivity contribution in [3.05, 3.63) is 35.9 Å². The molecule has 0 spiro atoms. The number of nitrogens with zero attached hydrogens (tertiary/aromatic N) is 3. The molecule has 59 heavy (non-hydrogen) atoms. The molecule has 2 aromatic rings. The van der Waals surface area contributed by atoms with E-state index < -0.39 is 44.3 Å². The van der Waals surface area contributed by atoms with E-state index in [4.69, 9.17) is 19.2 Å². The number of nitrogens with one attached hydrogen (secondary N) is 2. The zero-order valence-electron chi connectivity index (χ0n) is 34.9. The zero-order valence-corrected chi connectivity index (χ0v) is 35.7. The number of sulfonamides is 1. The topological polar surface area (TPSA) is 174 Å². The summed E-state index contributed by atoms with van der Waals surface area (Å²) in [5, 5.41) is 3.71. The summed E-state index contributed by atoms with van der Waals surface area (Å²) in [6.07, 6.45) is 7.71. The van der Waals surface area contributed by atoms with Gasteiger partial charge < -0.3 is 29.3 Å². The number of methoxy groups -OCH3 is 1. The smallest absolute Gasteiger partial charge is 0.318 e. The van der Waals surface area contributed by atoms with E-state index in [1.807, 2.05) is 45.1 Å². The minimum Gasteiger partial charge on any atom is -0.496 e. The van der Waals surface area contributed by atoms with E-state index in [1.165, 1.54) is 4.90 Å². The Hall–Kier alpha value is -4.40. The molecule has 5 aliphatic rings. The number of carbonyl (C=O) groups is 4. The van der Waals surface area contributed by atoms with Crippen molar-refractivity contribution in [2.24, 2.45) is 16.7 Å². The molecule has 7 rings (SSSR count). The van der Waals surface area contributed by atoms with Crippen LogP contribution >= 0.6 is 0 Å². The number of allylic oxidation sites excluding steroid dienone is 2. The Bertz CT molecular complexity index is 2110. The standard InChI is InChI=1S/C43H59N5O9S.CH4/c1-26(2)56-36-20-35(30-15-16-34(55-7)27(3)37(30)45-36)57-29-19-32-33(49)22-43(39(51)46-58(53,54)42(6)17-18-42)21-28(43)13-11-9-8-10-12-14-31(38(50)48(32)23-29)44-40(52)47-24-41(4,5)25-47;/h11,13,15-16,20,26,28-29,31-32H,8-10,12,14,17-19,21-25H2,1-7H3,(H,44,52)(H,46,51);1H4/b13-11-;/t28-,29-,31+,32+,43-;/m1./s1. The number of amides is 4. The molecule has 3 aliphatic heterocycles. The fraction of sp³-hybridized carbons (Fsp3) is 0.659. The lowest BCUT2D eigenvalue weighted by Gasteiger charge is -2.46. The van der Waals surface area contributed by atoms with Crippen molar-refractivity contribution in [1.29, 1.82) is 0 Å². The second-order valence-electron chi connectivity index (χ2n) is 18.5. The summed E-state index contributed by atoms with van der Waals surface area (Å²) in [5.41, 5.74) is 0.147. The molecule has 4 amide bonds. The molecule has 324 valence electrons. The monoisotopic (exact) mass is 837 g/mol. The van der Waals surface area contributed by atoms with Crippen LogP contribution in [0.1, 0.15) is 112 Å². The maximum Gasteiger partial charge on any atom is 0.318 e. The van der Waals surface area contributed by atoms with Crippen molar-refractivity contribution < 1.29 is 41.8 Å². The fourth-order valence-electron chi connectivity index (χ4n) is 8.82. The molecule has 1 aromatic heterocycles. The highest BCUT2D eigenvalue weighted by molar-refractivity contribution is 7.91. The molecule has 0 unspecified atom stereocenters. The molecule has 1 aromatic carbocycles. The Morgan fingerprint density at radius 1 is 1.03 bits per heavy atom. The van der Waals surface area contributed by atoms with Crippen LogP contribution in [0, 0.1) is 23.7 Å². The van der Waals surface area contributed by atoms with Crippen molar-refractivity contribution in [3.8, 4) is 17.4 Å². The van der Waals surface area contributed by atoms with Gasteiger partial charge in [0.15, 0.2) is 5.78 Å². The Morgan fingerprint density at radius 3 is 2.42 bits per heavy atom. The van der Waals surface area contributed by atoms with Crippen LogP contribution in [-0.4, -0.2) is 103 Å². The molecule has 2 aliphatic carbocycles. The van der Waals surface area contributed by atoms with E-state index in [1.54, 1.807) is 25.0 Å². The number of carbonyl (C=O) groups excluding carboxylic acids is 4. The predicted molar refractivity (Wildman–Crippen MR) is 225 cm³/mol. The molecule has 0 bridgehead atoms. The first-order chi connectivity index (χ1) is 27.3. The number of Topliss-reactive ketones (excluding diaryl/α,β-unsaturated/α-hetero) is 1. The number of aryl methyl sites for hydroxylation is 1. The molecule has 0 radical (unpaired) electrons. The lowest BCUT2D eigenvalue weighted by molar-refractivity contribution is -0.140. The van der Waals surface area contributed by atoms with Gasteiger partial charge in [0.25, 0.3) is 0 Å². The summed E-state index contributed by atoms with van der Waals surface area (Å²) < 4.78 is 46.2. The van der Waals surface area contributed by atoms with Crippen molar-refractivity contribution in [3.63, 3.8) is 0 Å². The first kappa shape index (κ1) is 44.2. The highest BCUT2D eigenvalue weighted by atomic mass is 32.2. The van der Waals surface area contributed by atoms with Crippen LogP contribution in [0.25, 0.3) is 10.9 Å². The molecule has 15 heteroatoms. The number of hydrogen-bond acceptors (Lipinski definition) is 10. The largest absolute Gasteiger partial charge is 0.496 e. The molecule has 4 heterocycles. The van der Waals surface area contributed by atoms with Crippen LogP contribution < -0.4 is 24.2 Å². The fourth-order valence-corrected chi connectivity index (χ4v) is 10.1. The summed E-state index contributed by atoms with van der Waals surface area (Å²) in [6.45, 7) is 12.7. The van der Waals surface area contributed by atoms with Crippen LogP contribution in [0.4, 0.5) is 4.79 Å². The van der Waals surface area contributed by atoms with Crippen LogP contribution in [0.3, 0.4) is 0 Å². The highest BCUT2D eigenvalue weighted by Crippen LogP contribution is 2.57. The molecule has 5 atom stereocenters. The average molecular weight is 838 g/mol. The summed E-state index contributed by atoms with van der Waals surface area (Å²) in [7, 11) is -2.36. The normalized spacial score (nSPS) is 28.1. The summed E-state index contributed by atoms with van der Waals surface area (Å²) in [5.74, 6) is -0.273. The second kappa shape index (κ2) is 16.6. The molecular formula is C44H63N5O9S. The van der Waals surface area contributed by atoms with Crippen molar-refractivity contribution in [1.82, 2.24) is 24.8 Å². The first-order valence-electron chi connectivity index (χ1n) is 20.8. The van der Waals surface area contributed by atoms with Crippen molar-refractivity contribution >= 4 is 44.6 Å². The van der Waals surface area contributed by atoms with E-state index in [2.05, 4.69) is 23.9 Å². The SMILES string of the molecule is C.COc1ccc2c(O[C@@H]3C[C@H]4C(=O)C[C@]5(C(=O)NS(=O)(=O)C6(C)CC6)C[C@H]5/C=C\CCCCC[C@H](NC(=O)N5CC(C)(C)C5)C(=O)N4C3)cc(OC(C)C)nc2c1C. The lowest BCUT2D eigenvalue weighted by atomic mass is 9.85. The van der Waals surface area contributed by atoms with E-state index >= 15 is 0 Å². The zero-order chi connectivity index (χ0) is 41.8. The number of aromatic nitrogens is 1. The number of urea groups is 1. The quantitative estimate of drug-likeness (QED) is 0.276. The van der Waals surface area contributed by atoms with Gasteiger partial charge in [0.1, 0.15) is 23.6 Å². The van der Waals surface area contributed by atoms with Gasteiger partial charge in [-0.1, -0.05) is 46.3 Å². The molecule has 2 saturated heterocycles. The maximum atomic E-state index is 14.8. The van der Waals surface area contributed by atoms with Gasteiger partial charge in [0, 0.05) is 48.4 Å². The minimum atomic E-state index is -3.95. The number of hydrogen-bond donors (Lipinski definition) is 2. The number of fused-ring (bicyclic) bond motifs is 3. The van der Waals surface area contributed by atoms with Crippen LogP contribution in [-0.2, 0) is 24.4 Å². The van der Waals surface area contributed by atoms with Gasteiger partial charge in [-0.25, -0.2) is 18.2 Å². The first-order valence-corrected chi connectivity index (χ1v) is 22.3. The van der Waals surface area contributed by atoms with Gasteiger partial charge in [0.05, 0.1) is 41.5 Å². The van der Waals surface area contributed by atoms with Crippen molar-refractivity contribution in [2.75, 3.05) is 26.7 Å². The van der Waals surface area contributed by atoms with Gasteiger partial charge in [-0.3, -0.25) is 19.1 Å². The number of ether oxygens (including phenoxy) is 3. The number of ketones is 1. The molecule has 14 nitrogen and oxygen atoms in total. The van der Waals surface area contributed by atoms with Crippen LogP contribution in [0.2, 0.25) is 0 Å². The number of pyridine rings is 1. The van der Waals surface area contributed by atoms with Crippen LogP contribution in [0.15, 0.2) is 30.4 Å². The molecule has 2 N–H and O–H groups in total. The Labute approximate surface area is 349 Å². The van der Waals surface area contributed by atoms with Gasteiger partial charge >= 0.3 is 6.03 Å². The summed E-state index contributed by atoms with van der Waals surface area (Å²) in [6, 6.07) is 3.22. The van der Waals surface area contributed by atoms with Crippen molar-refractivity contribution in [2.45, 2.75) is 142 Å². The van der Waals surface area contributed by atoms with E-state index in [0.717, 1.165) is 24.8 Å². The van der Waals surface area contributed by atoms with Gasteiger partial charge in [0.2, 0.25) is 27.7 Å². The average Bonchev–Trinajstić information content (AvgIpc) is 4.02. The Morgan fingerprint density at radius 2 is 1.76 bits per heavy atom. The number of benzene rings is 1. The van der Waals surface area contributed by atoms with E-state index in [0.29, 0.717) is 73.5 Å². The minimum absolute atomic E-state index is 0. The summed E-state index contributed by atoms with van der Waals surface area (Å²) >= 11 is 0. The maximum absolute atomic E-state index is 14.8. The molecule has 4 fully saturated rings. The third-order valence-corrected chi connectivity index (χ3v) is 14.8.